The minimum absolute atomic E-state index is 0.00649. The predicted molar refractivity (Wildman–Crippen MR) is 127 cm³/mol. The highest BCUT2D eigenvalue weighted by molar-refractivity contribution is 6.99. The second-order valence-electron chi connectivity index (χ2n) is 8.95. The van der Waals surface area contributed by atoms with Gasteiger partial charge in [-0.2, -0.15) is 0 Å². The summed E-state index contributed by atoms with van der Waals surface area (Å²) < 4.78 is 23.8. The van der Waals surface area contributed by atoms with Gasteiger partial charge in [-0.1, -0.05) is 88.4 Å². The highest BCUT2D eigenvalue weighted by atomic mass is 28.4. The van der Waals surface area contributed by atoms with Gasteiger partial charge in [0.2, 0.25) is 0 Å². The second-order valence-corrected chi connectivity index (χ2v) is 13.3. The van der Waals surface area contributed by atoms with Crippen LogP contribution in [0.25, 0.3) is 0 Å². The molecule has 2 aromatic rings. The maximum atomic E-state index is 9.75. The van der Waals surface area contributed by atoms with Crippen LogP contribution in [0.1, 0.15) is 27.7 Å². The van der Waals surface area contributed by atoms with E-state index in [1.807, 2.05) is 19.1 Å². The first kappa shape index (κ1) is 25.7. The molecule has 1 N–H and O–H groups in total. The van der Waals surface area contributed by atoms with Crippen LogP contribution < -0.4 is 10.4 Å². The van der Waals surface area contributed by atoms with E-state index in [1.165, 1.54) is 10.4 Å². The number of methoxy groups -OCH3 is 2. The fourth-order valence-electron chi connectivity index (χ4n) is 4.15. The molecule has 2 aromatic carbocycles. The highest BCUT2D eigenvalue weighted by Crippen LogP contribution is 2.37. The fourth-order valence-corrected chi connectivity index (χ4v) is 8.72. The molecule has 0 radical (unpaired) electrons. The lowest BCUT2D eigenvalue weighted by atomic mass is 10.0. The maximum Gasteiger partial charge on any atom is 0.261 e. The van der Waals surface area contributed by atoms with Crippen molar-refractivity contribution < 1.29 is 23.7 Å². The number of benzene rings is 2. The molecule has 0 fully saturated rings. The Morgan fingerprint density at radius 2 is 1.42 bits per heavy atom. The van der Waals surface area contributed by atoms with E-state index in [4.69, 9.17) is 18.6 Å². The molecule has 0 spiro atoms. The third-order valence-corrected chi connectivity index (χ3v) is 10.8. The number of rotatable bonds is 12. The van der Waals surface area contributed by atoms with Crippen LogP contribution in [0.3, 0.4) is 0 Å². The molecule has 3 atom stereocenters. The van der Waals surface area contributed by atoms with E-state index in [-0.39, 0.29) is 36.6 Å². The lowest BCUT2D eigenvalue weighted by Gasteiger charge is -2.44. The summed E-state index contributed by atoms with van der Waals surface area (Å²) >= 11 is 0. The van der Waals surface area contributed by atoms with Crippen LogP contribution in [-0.4, -0.2) is 59.9 Å². The Hall–Kier alpha value is -1.54. The Morgan fingerprint density at radius 1 is 0.903 bits per heavy atom. The largest absolute Gasteiger partial charge is 0.405 e. The van der Waals surface area contributed by atoms with E-state index in [9.17, 15) is 5.11 Å². The Balaban J connectivity index is 2.48. The van der Waals surface area contributed by atoms with Gasteiger partial charge in [0.05, 0.1) is 12.7 Å². The summed E-state index contributed by atoms with van der Waals surface area (Å²) in [5.74, 6) is -0.122. The van der Waals surface area contributed by atoms with Crippen molar-refractivity contribution in [3.05, 3.63) is 60.7 Å². The van der Waals surface area contributed by atoms with Crippen LogP contribution in [0.4, 0.5) is 0 Å². The Morgan fingerprint density at radius 3 is 1.81 bits per heavy atom. The van der Waals surface area contributed by atoms with Gasteiger partial charge >= 0.3 is 0 Å². The minimum Gasteiger partial charge on any atom is -0.405 e. The average Bonchev–Trinajstić information content (AvgIpc) is 2.78. The third-order valence-electron chi connectivity index (χ3n) is 5.78. The molecule has 0 aliphatic heterocycles. The summed E-state index contributed by atoms with van der Waals surface area (Å²) in [5.41, 5.74) is 0. The van der Waals surface area contributed by atoms with Crippen LogP contribution in [0.2, 0.25) is 5.04 Å². The average molecular weight is 447 g/mol. The predicted octanol–water partition coefficient (Wildman–Crippen LogP) is 3.20. The summed E-state index contributed by atoms with van der Waals surface area (Å²) in [6.07, 6.45) is -0.702. The van der Waals surface area contributed by atoms with Crippen LogP contribution in [0.5, 0.6) is 0 Å². The fraction of sp³-hybridized carbons (Fsp3) is 0.520. The first-order chi connectivity index (χ1) is 14.8. The third kappa shape index (κ3) is 6.03. The molecule has 6 heteroatoms. The molecular formula is C25H38O5Si. The lowest BCUT2D eigenvalue weighted by molar-refractivity contribution is -0.150. The number of aliphatic hydroxyl groups excluding tert-OH is 1. The monoisotopic (exact) mass is 446 g/mol. The molecule has 5 nitrogen and oxygen atoms in total. The zero-order chi connectivity index (χ0) is 22.9. The number of aliphatic hydroxyl groups is 1. The molecule has 0 aliphatic carbocycles. The van der Waals surface area contributed by atoms with Crippen LogP contribution in [0.15, 0.2) is 60.7 Å². The van der Waals surface area contributed by atoms with Gasteiger partial charge in [0.1, 0.15) is 12.9 Å². The summed E-state index contributed by atoms with van der Waals surface area (Å²) in [5, 5.41) is 12.1. The van der Waals surface area contributed by atoms with Crippen molar-refractivity contribution in [1.29, 1.82) is 0 Å². The Labute approximate surface area is 188 Å². The number of hydrogen-bond acceptors (Lipinski definition) is 5. The highest BCUT2D eigenvalue weighted by Gasteiger charge is 2.50. The van der Waals surface area contributed by atoms with E-state index < -0.39 is 8.32 Å². The van der Waals surface area contributed by atoms with E-state index in [0.717, 1.165) is 0 Å². The van der Waals surface area contributed by atoms with Gasteiger partial charge in [-0.3, -0.25) is 0 Å². The van der Waals surface area contributed by atoms with Crippen molar-refractivity contribution in [2.24, 2.45) is 5.92 Å². The van der Waals surface area contributed by atoms with E-state index in [2.05, 4.69) is 69.3 Å². The standard InChI is InChI=1S/C25H38O5Si/c1-20(17-26)24(29-19-27-5)23(28-6)18-30-31(25(2,3)4,21-13-9-7-10-14-21)22-15-11-8-12-16-22/h7-16,20,23-24,26H,17-19H2,1-6H3/t20-,23+,24+/m1/s1. The van der Waals surface area contributed by atoms with Gasteiger partial charge in [-0.05, 0) is 15.4 Å². The van der Waals surface area contributed by atoms with E-state index in [0.29, 0.717) is 6.61 Å². The van der Waals surface area contributed by atoms with Gasteiger partial charge in [-0.15, -0.1) is 0 Å². The minimum atomic E-state index is -2.68. The summed E-state index contributed by atoms with van der Waals surface area (Å²) in [7, 11) is 0.564. The summed E-state index contributed by atoms with van der Waals surface area (Å²) in [6, 6.07) is 21.0. The zero-order valence-electron chi connectivity index (χ0n) is 19.7. The topological polar surface area (TPSA) is 57.2 Å². The molecular weight excluding hydrogens is 408 g/mol. The molecule has 172 valence electrons. The molecule has 0 aliphatic rings. The molecule has 0 unspecified atom stereocenters. The molecule has 0 saturated carbocycles. The number of hydrogen-bond donors (Lipinski definition) is 1. The van der Waals surface area contributed by atoms with Crippen molar-refractivity contribution >= 4 is 18.7 Å². The van der Waals surface area contributed by atoms with E-state index in [1.54, 1.807) is 14.2 Å². The Kier molecular flexibility index (Phi) is 9.87. The summed E-state index contributed by atoms with van der Waals surface area (Å²) in [4.78, 5) is 0. The van der Waals surface area contributed by atoms with Gasteiger partial charge < -0.3 is 23.7 Å². The SMILES string of the molecule is COCO[C@@H]([C@H](C)CO)[C@H](CO[Si](c1ccccc1)(c1ccccc1)C(C)(C)C)OC. The first-order valence-corrected chi connectivity index (χ1v) is 12.7. The molecule has 0 bridgehead atoms. The van der Waals surface area contributed by atoms with Crippen LogP contribution >= 0.6 is 0 Å². The van der Waals surface area contributed by atoms with Gasteiger partial charge in [0.15, 0.2) is 0 Å². The first-order valence-electron chi connectivity index (χ1n) is 10.8. The normalized spacial score (nSPS) is 15.5. The van der Waals surface area contributed by atoms with Gasteiger partial charge in [0.25, 0.3) is 8.32 Å². The quantitative estimate of drug-likeness (QED) is 0.401. The smallest absolute Gasteiger partial charge is 0.261 e. The second kappa shape index (κ2) is 11.9. The number of ether oxygens (including phenoxy) is 3. The zero-order valence-corrected chi connectivity index (χ0v) is 20.7. The molecule has 2 rings (SSSR count). The van der Waals surface area contributed by atoms with Crippen LogP contribution in [-0.2, 0) is 18.6 Å². The van der Waals surface area contributed by atoms with Crippen molar-refractivity contribution in [1.82, 2.24) is 0 Å². The van der Waals surface area contributed by atoms with Crippen LogP contribution in [0, 0.1) is 5.92 Å². The lowest BCUT2D eigenvalue weighted by Crippen LogP contribution is -2.67. The van der Waals surface area contributed by atoms with Crippen molar-refractivity contribution in [2.45, 2.75) is 44.9 Å². The van der Waals surface area contributed by atoms with Crippen molar-refractivity contribution in [3.8, 4) is 0 Å². The Bertz CT molecular complexity index is 708. The van der Waals surface area contributed by atoms with Gasteiger partial charge in [-0.25, -0.2) is 0 Å². The molecule has 0 heterocycles. The molecule has 0 amide bonds. The summed E-state index contributed by atoms with van der Waals surface area (Å²) in [6.45, 7) is 9.15. The molecule has 0 saturated heterocycles. The van der Waals surface area contributed by atoms with Crippen molar-refractivity contribution in [2.75, 3.05) is 34.2 Å². The van der Waals surface area contributed by atoms with Gasteiger partial charge in [0, 0.05) is 26.7 Å². The molecule has 31 heavy (non-hydrogen) atoms. The van der Waals surface area contributed by atoms with Crippen molar-refractivity contribution in [3.63, 3.8) is 0 Å². The van der Waals surface area contributed by atoms with E-state index >= 15 is 0 Å². The molecule has 0 aromatic heterocycles. The maximum absolute atomic E-state index is 9.75.